The molecule has 0 atom stereocenters. The summed E-state index contributed by atoms with van der Waals surface area (Å²) in [4.78, 5) is 32.3. The Kier molecular flexibility index (Phi) is 5.60. The number of nitrogens with one attached hydrogen (secondary N) is 1. The van der Waals surface area contributed by atoms with Gasteiger partial charge < -0.3 is 19.5 Å². The molecule has 4 rings (SSSR count). The average Bonchev–Trinajstić information content (AvgIpc) is 3.36. The lowest BCUT2D eigenvalue weighted by atomic mass is 9.77. The average molecular weight is 396 g/mol. The van der Waals surface area contributed by atoms with Gasteiger partial charge in [-0.15, -0.1) is 0 Å². The van der Waals surface area contributed by atoms with E-state index in [1.54, 1.807) is 7.11 Å². The van der Waals surface area contributed by atoms with Gasteiger partial charge in [-0.3, -0.25) is 9.59 Å². The first-order valence-corrected chi connectivity index (χ1v) is 10.4. The quantitative estimate of drug-likeness (QED) is 0.818. The van der Waals surface area contributed by atoms with Crippen LogP contribution in [0.15, 0.2) is 42.6 Å². The third-order valence-electron chi connectivity index (χ3n) is 6.39. The topological polar surface area (TPSA) is 65.6 Å². The highest BCUT2D eigenvalue weighted by molar-refractivity contribution is 5.80. The van der Waals surface area contributed by atoms with Crippen molar-refractivity contribution in [2.75, 3.05) is 26.7 Å². The second-order valence-electron chi connectivity index (χ2n) is 8.35. The van der Waals surface area contributed by atoms with E-state index in [4.69, 9.17) is 4.74 Å². The molecule has 0 unspecified atom stereocenters. The number of aromatic nitrogens is 1. The second kappa shape index (κ2) is 8.31. The lowest BCUT2D eigenvalue weighted by Gasteiger charge is -2.39. The van der Waals surface area contributed by atoms with Crippen molar-refractivity contribution in [1.82, 2.24) is 14.8 Å². The van der Waals surface area contributed by atoms with Crippen molar-refractivity contribution in [3.63, 3.8) is 0 Å². The van der Waals surface area contributed by atoms with Crippen LogP contribution < -0.4 is 4.74 Å². The molecule has 1 aromatic carbocycles. The largest absolute Gasteiger partial charge is 0.497 e. The Morgan fingerprint density at radius 1 is 1.17 bits per heavy atom. The molecule has 2 saturated heterocycles. The van der Waals surface area contributed by atoms with E-state index in [1.165, 1.54) is 0 Å². The zero-order valence-electron chi connectivity index (χ0n) is 17.0. The molecule has 0 aliphatic carbocycles. The summed E-state index contributed by atoms with van der Waals surface area (Å²) in [6.45, 7) is 2.95. The summed E-state index contributed by atoms with van der Waals surface area (Å²) in [5.74, 6) is 1.27. The summed E-state index contributed by atoms with van der Waals surface area (Å²) >= 11 is 0. The van der Waals surface area contributed by atoms with Gasteiger partial charge in [0.1, 0.15) is 5.75 Å². The monoisotopic (exact) mass is 395 g/mol. The minimum Gasteiger partial charge on any atom is -0.497 e. The van der Waals surface area contributed by atoms with Gasteiger partial charge in [0.25, 0.3) is 0 Å². The van der Waals surface area contributed by atoms with Gasteiger partial charge >= 0.3 is 0 Å². The van der Waals surface area contributed by atoms with Crippen molar-refractivity contribution < 1.29 is 14.3 Å². The number of carbonyl (C=O) groups is 2. The number of amides is 2. The predicted octanol–water partition coefficient (Wildman–Crippen LogP) is 3.00. The molecule has 154 valence electrons. The van der Waals surface area contributed by atoms with Gasteiger partial charge in [0.2, 0.25) is 11.8 Å². The SMILES string of the molecule is COc1ccc(CN2CC3(CCN(C(=O)CCc4ccc[nH]4)CC3)CC2=O)cc1. The normalized spacial score (nSPS) is 18.4. The van der Waals surface area contributed by atoms with Crippen LogP contribution in [0.3, 0.4) is 0 Å². The Morgan fingerprint density at radius 3 is 2.59 bits per heavy atom. The van der Waals surface area contributed by atoms with E-state index in [2.05, 4.69) is 4.98 Å². The van der Waals surface area contributed by atoms with E-state index in [0.717, 1.165) is 55.9 Å². The Hall–Kier alpha value is -2.76. The number of likely N-dealkylation sites (tertiary alicyclic amines) is 2. The summed E-state index contributed by atoms with van der Waals surface area (Å²) in [7, 11) is 1.65. The van der Waals surface area contributed by atoms with Gasteiger partial charge in [0, 0.05) is 56.3 Å². The number of ether oxygens (including phenoxy) is 1. The van der Waals surface area contributed by atoms with Crippen LogP contribution in [0.25, 0.3) is 0 Å². The Bertz CT molecular complexity index is 837. The molecule has 1 N–H and O–H groups in total. The van der Waals surface area contributed by atoms with Crippen molar-refractivity contribution >= 4 is 11.8 Å². The van der Waals surface area contributed by atoms with E-state index >= 15 is 0 Å². The van der Waals surface area contributed by atoms with E-state index in [1.807, 2.05) is 52.4 Å². The number of aromatic amines is 1. The molecule has 1 spiro atoms. The fourth-order valence-corrected chi connectivity index (χ4v) is 4.57. The molecule has 2 aromatic rings. The number of rotatable bonds is 6. The molecule has 2 fully saturated rings. The number of H-pyrrole nitrogens is 1. The first-order valence-electron chi connectivity index (χ1n) is 10.4. The van der Waals surface area contributed by atoms with Crippen LogP contribution in [0.5, 0.6) is 5.75 Å². The third kappa shape index (κ3) is 4.47. The second-order valence-corrected chi connectivity index (χ2v) is 8.35. The van der Waals surface area contributed by atoms with Crippen molar-refractivity contribution in [3.8, 4) is 5.75 Å². The fourth-order valence-electron chi connectivity index (χ4n) is 4.57. The Morgan fingerprint density at radius 2 is 1.93 bits per heavy atom. The number of carbonyl (C=O) groups excluding carboxylic acids is 2. The van der Waals surface area contributed by atoms with Crippen molar-refractivity contribution in [2.45, 2.75) is 38.6 Å². The van der Waals surface area contributed by atoms with Crippen LogP contribution in [0.4, 0.5) is 0 Å². The molecule has 2 amide bonds. The molecule has 2 aliphatic rings. The first kappa shape index (κ1) is 19.6. The van der Waals surface area contributed by atoms with Crippen LogP contribution in [-0.4, -0.2) is 53.3 Å². The van der Waals surface area contributed by atoms with Crippen molar-refractivity contribution in [1.29, 1.82) is 0 Å². The summed E-state index contributed by atoms with van der Waals surface area (Å²) in [5.41, 5.74) is 2.25. The lowest BCUT2D eigenvalue weighted by Crippen LogP contribution is -2.44. The lowest BCUT2D eigenvalue weighted by molar-refractivity contribution is -0.133. The number of hydrogen-bond acceptors (Lipinski definition) is 3. The van der Waals surface area contributed by atoms with E-state index < -0.39 is 0 Å². The van der Waals surface area contributed by atoms with Crippen LogP contribution in [0.1, 0.15) is 36.9 Å². The van der Waals surface area contributed by atoms with Gasteiger partial charge in [0.05, 0.1) is 7.11 Å². The number of nitrogens with zero attached hydrogens (tertiary/aromatic N) is 2. The van der Waals surface area contributed by atoms with E-state index in [9.17, 15) is 9.59 Å². The molecule has 29 heavy (non-hydrogen) atoms. The minimum atomic E-state index is 0.0276. The summed E-state index contributed by atoms with van der Waals surface area (Å²) < 4.78 is 5.20. The van der Waals surface area contributed by atoms with Gasteiger partial charge in [-0.25, -0.2) is 0 Å². The predicted molar refractivity (Wildman–Crippen MR) is 110 cm³/mol. The standard InChI is InChI=1S/C23H29N3O3/c1-29-20-7-4-18(5-8-20)16-26-17-23(15-22(26)28)10-13-25(14-11-23)21(27)9-6-19-3-2-12-24-19/h2-5,7-8,12,24H,6,9-11,13-17H2,1H3. The first-order chi connectivity index (χ1) is 14.1. The molecule has 0 radical (unpaired) electrons. The summed E-state index contributed by atoms with van der Waals surface area (Å²) in [6, 6.07) is 11.9. The van der Waals surface area contributed by atoms with Crippen LogP contribution >= 0.6 is 0 Å². The van der Waals surface area contributed by atoms with Gasteiger partial charge in [0.15, 0.2) is 0 Å². The van der Waals surface area contributed by atoms with Gasteiger partial charge in [-0.1, -0.05) is 12.1 Å². The third-order valence-corrected chi connectivity index (χ3v) is 6.39. The van der Waals surface area contributed by atoms with Crippen LogP contribution in [-0.2, 0) is 22.6 Å². The summed E-state index contributed by atoms with van der Waals surface area (Å²) in [6.07, 6.45) is 5.60. The smallest absolute Gasteiger partial charge is 0.223 e. The Labute approximate surface area is 171 Å². The fraction of sp³-hybridized carbons (Fsp3) is 0.478. The number of aryl methyl sites for hydroxylation is 1. The van der Waals surface area contributed by atoms with Gasteiger partial charge in [-0.2, -0.15) is 0 Å². The maximum atomic E-state index is 12.6. The molecule has 1 aromatic heterocycles. The summed E-state index contributed by atoms with van der Waals surface area (Å²) in [5, 5.41) is 0. The minimum absolute atomic E-state index is 0.0276. The maximum absolute atomic E-state index is 12.6. The number of methoxy groups -OCH3 is 1. The molecule has 0 bridgehead atoms. The zero-order valence-corrected chi connectivity index (χ0v) is 17.0. The van der Waals surface area contributed by atoms with E-state index in [0.29, 0.717) is 19.4 Å². The molecular weight excluding hydrogens is 366 g/mol. The van der Waals surface area contributed by atoms with Crippen molar-refractivity contribution in [3.05, 3.63) is 53.9 Å². The highest BCUT2D eigenvalue weighted by Crippen LogP contribution is 2.41. The number of benzene rings is 1. The van der Waals surface area contributed by atoms with Gasteiger partial charge in [-0.05, 0) is 49.1 Å². The van der Waals surface area contributed by atoms with E-state index in [-0.39, 0.29) is 17.2 Å². The molecule has 6 nitrogen and oxygen atoms in total. The highest BCUT2D eigenvalue weighted by atomic mass is 16.5. The molecule has 2 aliphatic heterocycles. The number of piperidine rings is 1. The molecule has 6 heteroatoms. The number of hydrogen-bond donors (Lipinski definition) is 1. The van der Waals surface area contributed by atoms with Crippen LogP contribution in [0, 0.1) is 5.41 Å². The molecule has 3 heterocycles. The maximum Gasteiger partial charge on any atom is 0.223 e. The molecule has 0 saturated carbocycles. The Balaban J connectivity index is 1.29. The zero-order chi connectivity index (χ0) is 20.3. The highest BCUT2D eigenvalue weighted by Gasteiger charge is 2.45. The molecular formula is C23H29N3O3. The van der Waals surface area contributed by atoms with Crippen molar-refractivity contribution in [2.24, 2.45) is 5.41 Å². The van der Waals surface area contributed by atoms with Crippen LogP contribution in [0.2, 0.25) is 0 Å².